The Balaban J connectivity index is 1.81. The molecule has 3 amide bonds. The average Bonchev–Trinajstić information content (AvgIpc) is 3.15. The van der Waals surface area contributed by atoms with Crippen molar-refractivity contribution < 1.29 is 28.3 Å². The Kier molecular flexibility index (Phi) is 8.90. The predicted octanol–water partition coefficient (Wildman–Crippen LogP) is 5.58. The van der Waals surface area contributed by atoms with E-state index in [-0.39, 0.29) is 28.2 Å². The highest BCUT2D eigenvalue weighted by molar-refractivity contribution is 6.74. The van der Waals surface area contributed by atoms with Gasteiger partial charge in [-0.1, -0.05) is 50.6 Å². The van der Waals surface area contributed by atoms with Crippen LogP contribution < -0.4 is 10.6 Å². The second-order valence-electron chi connectivity index (χ2n) is 11.2. The number of carbonyl (C=O) groups is 3. The lowest BCUT2D eigenvalue weighted by atomic mass is 10.0. The van der Waals surface area contributed by atoms with Gasteiger partial charge in [-0.2, -0.15) is 0 Å². The number of carbonyl (C=O) groups excluding carboxylic acids is 2. The fourth-order valence-electron chi connectivity index (χ4n) is 4.08. The van der Waals surface area contributed by atoms with Crippen molar-refractivity contribution in [2.45, 2.75) is 57.9 Å². The molecule has 0 saturated heterocycles. The molecule has 1 aliphatic rings. The second-order valence-corrected chi connectivity index (χ2v) is 16.5. The molecular formula is C27H35ClFN3O5Si. The summed E-state index contributed by atoms with van der Waals surface area (Å²) in [5, 5.41) is 14.4. The zero-order valence-electron chi connectivity index (χ0n) is 22.5. The van der Waals surface area contributed by atoms with Crippen LogP contribution >= 0.6 is 11.6 Å². The molecule has 0 bridgehead atoms. The molecule has 0 unspecified atom stereocenters. The van der Waals surface area contributed by atoms with E-state index in [0.717, 1.165) is 22.8 Å². The monoisotopic (exact) mass is 563 g/mol. The first-order chi connectivity index (χ1) is 17.6. The zero-order valence-corrected chi connectivity index (χ0v) is 24.3. The van der Waals surface area contributed by atoms with Crippen LogP contribution in [0.1, 0.15) is 43.5 Å². The van der Waals surface area contributed by atoms with Crippen molar-refractivity contribution in [1.82, 2.24) is 10.2 Å². The van der Waals surface area contributed by atoms with Gasteiger partial charge in [0.05, 0.1) is 11.1 Å². The number of hydrogen-bond donors (Lipinski definition) is 3. The van der Waals surface area contributed by atoms with Crippen LogP contribution in [0.2, 0.25) is 23.2 Å². The minimum absolute atomic E-state index is 0.000470. The van der Waals surface area contributed by atoms with Crippen molar-refractivity contribution in [3.63, 3.8) is 0 Å². The van der Waals surface area contributed by atoms with E-state index < -0.39 is 38.1 Å². The van der Waals surface area contributed by atoms with E-state index in [9.17, 15) is 23.9 Å². The number of benzene rings is 2. The van der Waals surface area contributed by atoms with Crippen LogP contribution in [0.4, 0.5) is 14.9 Å². The first-order valence-electron chi connectivity index (χ1n) is 12.4. The van der Waals surface area contributed by atoms with Crippen LogP contribution in [-0.4, -0.2) is 49.9 Å². The SMILES string of the molecule is CN(Cc1ccc2c(c1)C[C@H](CO[Si](C)(C)C(C)(C)C)[C@H]2NC(=O)C(=O)Nc1ccc(Cl)c(F)c1)C(=O)O. The minimum Gasteiger partial charge on any atom is -0.465 e. The summed E-state index contributed by atoms with van der Waals surface area (Å²) < 4.78 is 20.2. The number of halogens is 2. The fourth-order valence-corrected chi connectivity index (χ4v) is 5.27. The molecular weight excluding hydrogens is 529 g/mol. The van der Waals surface area contributed by atoms with E-state index >= 15 is 0 Å². The normalized spacial score (nSPS) is 17.1. The number of carboxylic acid groups (broad SMARTS) is 1. The molecule has 38 heavy (non-hydrogen) atoms. The molecule has 11 heteroatoms. The summed E-state index contributed by atoms with van der Waals surface area (Å²) >= 11 is 5.69. The lowest BCUT2D eigenvalue weighted by molar-refractivity contribution is -0.136. The van der Waals surface area contributed by atoms with Gasteiger partial charge in [0.25, 0.3) is 0 Å². The number of rotatable bonds is 7. The van der Waals surface area contributed by atoms with Gasteiger partial charge >= 0.3 is 17.9 Å². The van der Waals surface area contributed by atoms with Gasteiger partial charge in [0, 0.05) is 31.8 Å². The van der Waals surface area contributed by atoms with E-state index in [2.05, 4.69) is 44.5 Å². The van der Waals surface area contributed by atoms with Crippen LogP contribution in [0.25, 0.3) is 0 Å². The molecule has 0 aromatic heterocycles. The van der Waals surface area contributed by atoms with E-state index in [1.807, 2.05) is 18.2 Å². The highest BCUT2D eigenvalue weighted by atomic mass is 35.5. The smallest absolute Gasteiger partial charge is 0.407 e. The second kappa shape index (κ2) is 11.4. The molecule has 2 aromatic carbocycles. The molecule has 2 aromatic rings. The predicted molar refractivity (Wildman–Crippen MR) is 147 cm³/mol. The lowest BCUT2D eigenvalue weighted by Gasteiger charge is -2.37. The summed E-state index contributed by atoms with van der Waals surface area (Å²) in [6.45, 7) is 11.4. The van der Waals surface area contributed by atoms with Crippen molar-refractivity contribution in [2.24, 2.45) is 5.92 Å². The van der Waals surface area contributed by atoms with Gasteiger partial charge in [-0.3, -0.25) is 9.59 Å². The minimum atomic E-state index is -2.08. The Morgan fingerprint density at radius 1 is 1.16 bits per heavy atom. The third kappa shape index (κ3) is 6.92. The van der Waals surface area contributed by atoms with Crippen LogP contribution in [0.5, 0.6) is 0 Å². The fraction of sp³-hybridized carbons (Fsp3) is 0.444. The van der Waals surface area contributed by atoms with Crippen LogP contribution in [0, 0.1) is 11.7 Å². The molecule has 0 saturated carbocycles. The topological polar surface area (TPSA) is 108 Å². The number of amides is 3. The number of fused-ring (bicyclic) bond motifs is 1. The van der Waals surface area contributed by atoms with Crippen LogP contribution in [-0.2, 0) is 27.0 Å². The van der Waals surface area contributed by atoms with E-state index in [1.54, 1.807) is 0 Å². The molecule has 2 atom stereocenters. The highest BCUT2D eigenvalue weighted by Gasteiger charge is 2.40. The molecule has 0 spiro atoms. The Morgan fingerprint density at radius 2 is 1.84 bits per heavy atom. The van der Waals surface area contributed by atoms with Gasteiger partial charge < -0.3 is 25.1 Å². The molecule has 0 aliphatic heterocycles. The summed E-state index contributed by atoms with van der Waals surface area (Å²) in [5.74, 6) is -2.62. The summed E-state index contributed by atoms with van der Waals surface area (Å²) in [5.41, 5.74) is 2.76. The van der Waals surface area contributed by atoms with Crippen LogP contribution in [0.15, 0.2) is 36.4 Å². The summed E-state index contributed by atoms with van der Waals surface area (Å²) in [6, 6.07) is 8.90. The highest BCUT2D eigenvalue weighted by Crippen LogP contribution is 2.41. The molecule has 0 radical (unpaired) electrons. The van der Waals surface area contributed by atoms with Crippen molar-refractivity contribution in [3.05, 3.63) is 63.9 Å². The van der Waals surface area contributed by atoms with Gasteiger partial charge in [-0.25, -0.2) is 9.18 Å². The van der Waals surface area contributed by atoms with Gasteiger partial charge in [0.1, 0.15) is 5.82 Å². The van der Waals surface area contributed by atoms with Gasteiger partial charge in [-0.05, 0) is 59.4 Å². The molecule has 8 nitrogen and oxygen atoms in total. The number of anilines is 1. The quantitative estimate of drug-likeness (QED) is 0.301. The summed E-state index contributed by atoms with van der Waals surface area (Å²) in [4.78, 5) is 38.0. The van der Waals surface area contributed by atoms with Gasteiger partial charge in [-0.15, -0.1) is 0 Å². The van der Waals surface area contributed by atoms with E-state index in [1.165, 1.54) is 24.1 Å². The maximum absolute atomic E-state index is 13.8. The number of nitrogens with one attached hydrogen (secondary N) is 2. The first kappa shape index (κ1) is 29.6. The molecule has 1 aliphatic carbocycles. The summed E-state index contributed by atoms with van der Waals surface area (Å²) in [6.07, 6.45) is -0.424. The van der Waals surface area contributed by atoms with E-state index in [4.69, 9.17) is 16.0 Å². The Hall–Kier alpha value is -2.95. The number of hydrogen-bond acceptors (Lipinski definition) is 4. The van der Waals surface area contributed by atoms with Crippen molar-refractivity contribution >= 4 is 43.5 Å². The largest absolute Gasteiger partial charge is 0.465 e. The molecule has 3 N–H and O–H groups in total. The van der Waals surface area contributed by atoms with Crippen molar-refractivity contribution in [1.29, 1.82) is 0 Å². The molecule has 3 rings (SSSR count). The maximum atomic E-state index is 13.8. The third-order valence-corrected chi connectivity index (χ3v) is 12.2. The molecule has 0 heterocycles. The third-order valence-electron chi connectivity index (χ3n) is 7.38. The van der Waals surface area contributed by atoms with E-state index in [0.29, 0.717) is 13.0 Å². The number of nitrogens with zero attached hydrogens (tertiary/aromatic N) is 1. The Bertz CT molecular complexity index is 1230. The first-order valence-corrected chi connectivity index (χ1v) is 15.6. The zero-order chi connectivity index (χ0) is 28.4. The Labute approximate surface area is 228 Å². The summed E-state index contributed by atoms with van der Waals surface area (Å²) in [7, 11) is -0.584. The van der Waals surface area contributed by atoms with Crippen molar-refractivity contribution in [2.75, 3.05) is 19.0 Å². The lowest BCUT2D eigenvalue weighted by Crippen LogP contribution is -2.44. The maximum Gasteiger partial charge on any atom is 0.407 e. The van der Waals surface area contributed by atoms with Gasteiger partial charge in [0.2, 0.25) is 0 Å². The standard InChI is InChI=1S/C27H35ClFN3O5Si/c1-27(2,3)38(5,6)37-15-18-12-17-11-16(14-32(4)26(35)36)7-9-20(17)23(18)31-25(34)24(33)30-19-8-10-21(28)22(29)13-19/h7-11,13,18,23H,12,14-15H2,1-6H3,(H,30,33)(H,31,34)(H,35,36)/t18-,23-/m1/s1. The van der Waals surface area contributed by atoms with Gasteiger partial charge in [0.15, 0.2) is 8.32 Å². The molecule has 206 valence electrons. The average molecular weight is 564 g/mol. The molecule has 0 fully saturated rings. The van der Waals surface area contributed by atoms with Crippen LogP contribution in [0.3, 0.4) is 0 Å². The van der Waals surface area contributed by atoms with Crippen molar-refractivity contribution in [3.8, 4) is 0 Å². The Morgan fingerprint density at radius 3 is 2.45 bits per heavy atom.